The predicted octanol–water partition coefficient (Wildman–Crippen LogP) is 3.39. The first-order chi connectivity index (χ1) is 10.9. The van der Waals surface area contributed by atoms with Crippen LogP contribution in [-0.2, 0) is 17.8 Å². The Kier molecular flexibility index (Phi) is 6.10. The number of amides is 1. The van der Waals surface area contributed by atoms with Crippen molar-refractivity contribution in [3.63, 3.8) is 0 Å². The highest BCUT2D eigenvalue weighted by atomic mass is 16.6. The third-order valence-corrected chi connectivity index (χ3v) is 4.09. The van der Waals surface area contributed by atoms with E-state index < -0.39 is 5.60 Å². The van der Waals surface area contributed by atoms with Crippen LogP contribution in [0.2, 0.25) is 0 Å². The van der Waals surface area contributed by atoms with Crippen LogP contribution in [-0.4, -0.2) is 40.3 Å². The molecule has 0 radical (unpaired) electrons. The van der Waals surface area contributed by atoms with E-state index in [9.17, 15) is 4.79 Å². The summed E-state index contributed by atoms with van der Waals surface area (Å²) in [7, 11) is 0. The Labute approximate surface area is 140 Å². The zero-order chi connectivity index (χ0) is 16.9. The Morgan fingerprint density at radius 2 is 2.17 bits per heavy atom. The average Bonchev–Trinajstić information content (AvgIpc) is 2.80. The lowest BCUT2D eigenvalue weighted by Crippen LogP contribution is -2.44. The van der Waals surface area contributed by atoms with Crippen molar-refractivity contribution < 1.29 is 9.53 Å². The summed E-state index contributed by atoms with van der Waals surface area (Å²) in [6.45, 7) is 11.2. The van der Waals surface area contributed by atoms with Gasteiger partial charge in [0.25, 0.3) is 0 Å². The summed E-state index contributed by atoms with van der Waals surface area (Å²) in [5.41, 5.74) is 0.856. The third kappa shape index (κ3) is 5.90. The molecule has 1 atom stereocenters. The molecule has 23 heavy (non-hydrogen) atoms. The molecule has 5 nitrogen and oxygen atoms in total. The fourth-order valence-corrected chi connectivity index (χ4v) is 2.85. The molecule has 1 fully saturated rings. The van der Waals surface area contributed by atoms with Gasteiger partial charge >= 0.3 is 6.09 Å². The van der Waals surface area contributed by atoms with E-state index in [0.717, 1.165) is 45.4 Å². The van der Waals surface area contributed by atoms with E-state index >= 15 is 0 Å². The monoisotopic (exact) mass is 321 g/mol. The zero-order valence-corrected chi connectivity index (χ0v) is 15.0. The Morgan fingerprint density at radius 3 is 2.83 bits per heavy atom. The lowest BCUT2D eigenvalue weighted by Gasteiger charge is -2.28. The molecule has 0 saturated carbocycles. The van der Waals surface area contributed by atoms with E-state index in [0.29, 0.717) is 6.04 Å². The second-order valence-electron chi connectivity index (χ2n) is 7.35. The number of hydrogen-bond donors (Lipinski definition) is 1. The Hall–Kier alpha value is -1.49. The number of aryl methyl sites for hydroxylation is 1. The molecule has 1 N–H and O–H groups in total. The largest absolute Gasteiger partial charge is 0.444 e. The quantitative estimate of drug-likeness (QED) is 0.924. The molecule has 2 rings (SSSR count). The van der Waals surface area contributed by atoms with Crippen molar-refractivity contribution in [3.05, 3.63) is 24.0 Å². The van der Waals surface area contributed by atoms with Crippen molar-refractivity contribution in [1.29, 1.82) is 0 Å². The van der Waals surface area contributed by atoms with Crippen LogP contribution in [0.25, 0.3) is 0 Å². The molecule has 130 valence electrons. The number of hydrogen-bond acceptors (Lipinski definition) is 3. The van der Waals surface area contributed by atoms with Crippen LogP contribution in [0.4, 0.5) is 4.79 Å². The predicted molar refractivity (Wildman–Crippen MR) is 92.4 cm³/mol. The molecule has 0 aliphatic carbocycles. The van der Waals surface area contributed by atoms with E-state index in [1.807, 2.05) is 25.7 Å². The maximum absolute atomic E-state index is 12.3. The fraction of sp³-hybridized carbons (Fsp3) is 0.722. The van der Waals surface area contributed by atoms with Gasteiger partial charge in [-0.3, -0.25) is 0 Å². The molecule has 5 heteroatoms. The summed E-state index contributed by atoms with van der Waals surface area (Å²) in [5.74, 6) is 0. The standard InChI is InChI=1S/C18H31N3O2/c1-5-20-11-9-15(13-20)12-19-16-8-6-7-10-21(14-16)17(22)23-18(2,3)4/h9,11,13,16,19H,5-8,10,12,14H2,1-4H3. The van der Waals surface area contributed by atoms with Crippen LogP contribution in [0, 0.1) is 0 Å². The van der Waals surface area contributed by atoms with E-state index in [4.69, 9.17) is 4.74 Å². The Morgan fingerprint density at radius 1 is 1.39 bits per heavy atom. The molecule has 0 spiro atoms. The number of aromatic nitrogens is 1. The second kappa shape index (κ2) is 7.86. The summed E-state index contributed by atoms with van der Waals surface area (Å²) < 4.78 is 7.70. The molecule has 1 aromatic rings. The summed E-state index contributed by atoms with van der Waals surface area (Å²) in [6.07, 6.45) is 7.39. The van der Waals surface area contributed by atoms with Crippen molar-refractivity contribution >= 4 is 6.09 Å². The zero-order valence-electron chi connectivity index (χ0n) is 15.0. The van der Waals surface area contributed by atoms with Crippen LogP contribution in [0.3, 0.4) is 0 Å². The molecule has 1 amide bonds. The minimum absolute atomic E-state index is 0.191. The topological polar surface area (TPSA) is 46.5 Å². The van der Waals surface area contributed by atoms with Gasteiger partial charge in [0.05, 0.1) is 0 Å². The minimum Gasteiger partial charge on any atom is -0.444 e. The van der Waals surface area contributed by atoms with Crippen molar-refractivity contribution in [2.24, 2.45) is 0 Å². The van der Waals surface area contributed by atoms with E-state index in [-0.39, 0.29) is 6.09 Å². The van der Waals surface area contributed by atoms with Gasteiger partial charge in [-0.05, 0) is 52.2 Å². The molecule has 0 aromatic carbocycles. The van der Waals surface area contributed by atoms with Gasteiger partial charge in [0.2, 0.25) is 0 Å². The number of likely N-dealkylation sites (tertiary alicyclic amines) is 1. The molecular weight excluding hydrogens is 290 g/mol. The fourth-order valence-electron chi connectivity index (χ4n) is 2.85. The summed E-state index contributed by atoms with van der Waals surface area (Å²) in [5, 5.41) is 3.60. The highest BCUT2D eigenvalue weighted by Gasteiger charge is 2.26. The van der Waals surface area contributed by atoms with Gasteiger partial charge in [-0.2, -0.15) is 0 Å². The highest BCUT2D eigenvalue weighted by molar-refractivity contribution is 5.68. The molecule has 1 unspecified atom stereocenters. The summed E-state index contributed by atoms with van der Waals surface area (Å²) in [4.78, 5) is 14.2. The van der Waals surface area contributed by atoms with Crippen LogP contribution >= 0.6 is 0 Å². The Bertz CT molecular complexity index is 505. The number of carbonyl (C=O) groups is 1. The van der Waals surface area contributed by atoms with Crippen LogP contribution in [0.15, 0.2) is 18.5 Å². The molecule has 1 aromatic heterocycles. The molecular formula is C18H31N3O2. The number of rotatable bonds is 4. The SMILES string of the molecule is CCn1ccc(CNC2CCCCN(C(=O)OC(C)(C)C)C2)c1. The molecule has 0 bridgehead atoms. The number of carbonyl (C=O) groups excluding carboxylic acids is 1. The first-order valence-corrected chi connectivity index (χ1v) is 8.73. The van der Waals surface area contributed by atoms with E-state index in [2.05, 4.69) is 35.3 Å². The van der Waals surface area contributed by atoms with Gasteiger partial charge in [-0.25, -0.2) is 4.79 Å². The number of nitrogens with one attached hydrogen (secondary N) is 1. The number of ether oxygens (including phenoxy) is 1. The van der Waals surface area contributed by atoms with Gasteiger partial charge in [0, 0.05) is 44.6 Å². The minimum atomic E-state index is -0.435. The maximum atomic E-state index is 12.3. The lowest BCUT2D eigenvalue weighted by molar-refractivity contribution is 0.0243. The molecule has 1 saturated heterocycles. The molecule has 2 heterocycles. The Balaban J connectivity index is 1.87. The van der Waals surface area contributed by atoms with Crippen LogP contribution in [0.1, 0.15) is 52.5 Å². The summed E-state index contributed by atoms with van der Waals surface area (Å²) >= 11 is 0. The van der Waals surface area contributed by atoms with Gasteiger partial charge in [-0.15, -0.1) is 0 Å². The van der Waals surface area contributed by atoms with Crippen molar-refractivity contribution in [3.8, 4) is 0 Å². The lowest BCUT2D eigenvalue weighted by atomic mass is 10.1. The van der Waals surface area contributed by atoms with E-state index in [1.165, 1.54) is 5.56 Å². The normalized spacial score (nSPS) is 19.5. The third-order valence-electron chi connectivity index (χ3n) is 4.09. The number of nitrogens with zero attached hydrogens (tertiary/aromatic N) is 2. The molecule has 1 aliphatic rings. The van der Waals surface area contributed by atoms with Crippen LogP contribution < -0.4 is 5.32 Å². The van der Waals surface area contributed by atoms with Gasteiger partial charge in [0.15, 0.2) is 0 Å². The smallest absolute Gasteiger partial charge is 0.410 e. The van der Waals surface area contributed by atoms with Crippen LogP contribution in [0.5, 0.6) is 0 Å². The van der Waals surface area contributed by atoms with Gasteiger partial charge < -0.3 is 19.5 Å². The first-order valence-electron chi connectivity index (χ1n) is 8.73. The highest BCUT2D eigenvalue weighted by Crippen LogP contribution is 2.16. The molecule has 1 aliphatic heterocycles. The first kappa shape index (κ1) is 17.9. The summed E-state index contributed by atoms with van der Waals surface area (Å²) in [6, 6.07) is 2.48. The van der Waals surface area contributed by atoms with E-state index in [1.54, 1.807) is 0 Å². The van der Waals surface area contributed by atoms with Gasteiger partial charge in [0.1, 0.15) is 5.60 Å². The van der Waals surface area contributed by atoms with Crippen molar-refractivity contribution in [2.75, 3.05) is 13.1 Å². The van der Waals surface area contributed by atoms with Crippen molar-refractivity contribution in [2.45, 2.75) is 71.7 Å². The van der Waals surface area contributed by atoms with Gasteiger partial charge in [-0.1, -0.05) is 6.42 Å². The second-order valence-corrected chi connectivity index (χ2v) is 7.35. The maximum Gasteiger partial charge on any atom is 0.410 e. The average molecular weight is 321 g/mol. The van der Waals surface area contributed by atoms with Crippen molar-refractivity contribution in [1.82, 2.24) is 14.8 Å².